The molecule has 45 heavy (non-hydrogen) atoms. The molecular formula is C40H60N2O3. The average molecular weight is 617 g/mol. The van der Waals surface area contributed by atoms with Gasteiger partial charge < -0.3 is 15.4 Å². The number of allylic oxidation sites excluding steroid dienone is 12. The van der Waals surface area contributed by atoms with Gasteiger partial charge in [0.15, 0.2) is 0 Å². The zero-order chi connectivity index (χ0) is 33.0. The molecule has 0 aromatic heterocycles. The van der Waals surface area contributed by atoms with Crippen LogP contribution in [0.1, 0.15) is 103 Å². The van der Waals surface area contributed by atoms with Crippen molar-refractivity contribution in [1.29, 1.82) is 0 Å². The number of ether oxygens (including phenoxy) is 1. The van der Waals surface area contributed by atoms with Gasteiger partial charge in [0.25, 0.3) is 0 Å². The van der Waals surface area contributed by atoms with Gasteiger partial charge in [-0.05, 0) is 95.2 Å². The van der Waals surface area contributed by atoms with E-state index in [1.165, 1.54) is 5.56 Å². The number of nitrogens with one attached hydrogen (secondary N) is 2. The number of carbonyl (C=O) groups excluding carboxylic acids is 2. The molecule has 0 saturated carbocycles. The summed E-state index contributed by atoms with van der Waals surface area (Å²) < 4.78 is 5.93. The van der Waals surface area contributed by atoms with Gasteiger partial charge in [0.1, 0.15) is 5.75 Å². The summed E-state index contributed by atoms with van der Waals surface area (Å²) in [7, 11) is 0. The Bertz CT molecular complexity index is 1140. The van der Waals surface area contributed by atoms with Crippen LogP contribution in [-0.2, 0) is 9.59 Å². The minimum Gasteiger partial charge on any atom is -0.493 e. The topological polar surface area (TPSA) is 67.4 Å². The highest BCUT2D eigenvalue weighted by Crippen LogP contribution is 2.24. The predicted octanol–water partition coefficient (Wildman–Crippen LogP) is 9.59. The first-order chi connectivity index (χ1) is 21.8. The van der Waals surface area contributed by atoms with Crippen molar-refractivity contribution in [3.8, 4) is 5.75 Å². The van der Waals surface area contributed by atoms with Crippen LogP contribution in [0.4, 0.5) is 0 Å². The highest BCUT2D eigenvalue weighted by atomic mass is 16.5. The first-order valence-electron chi connectivity index (χ1n) is 16.9. The van der Waals surface area contributed by atoms with E-state index < -0.39 is 5.41 Å². The third kappa shape index (κ3) is 21.7. The number of hydrogen-bond donors (Lipinski definition) is 2. The summed E-state index contributed by atoms with van der Waals surface area (Å²) in [6.45, 7) is 11.9. The van der Waals surface area contributed by atoms with Crippen LogP contribution in [0.25, 0.3) is 0 Å². The van der Waals surface area contributed by atoms with E-state index in [2.05, 4.69) is 116 Å². The highest BCUT2D eigenvalue weighted by molar-refractivity contribution is 5.81. The number of amides is 2. The number of carbonyl (C=O) groups is 2. The van der Waals surface area contributed by atoms with Gasteiger partial charge in [0.05, 0.1) is 6.61 Å². The number of hydrogen-bond acceptors (Lipinski definition) is 3. The standard InChI is InChI=1S/C40H60N2O3/c1-6-7-8-9-10-11-12-13-14-15-16-17-18-19-20-21-22-23-24-27-38(43)41-31-26-32-42-39(44)40(4,5)30-25-33-45-37-34-35(2)28-29-36(37)3/h7-8,10-11,13-14,16-17,19-20,22-23,28-29,34H,6,9,12,15,18,21,24-27,30-33H2,1-5H3,(H,41,43)(H,42,44)/b8-7-,11-10-,14-13-,17-16-,20-19-,23-22-. The predicted molar refractivity (Wildman–Crippen MR) is 193 cm³/mol. The molecule has 0 saturated heterocycles. The summed E-state index contributed by atoms with van der Waals surface area (Å²) in [6.07, 6.45) is 35.5. The summed E-state index contributed by atoms with van der Waals surface area (Å²) >= 11 is 0. The molecule has 0 spiro atoms. The molecule has 5 heteroatoms. The van der Waals surface area contributed by atoms with Crippen molar-refractivity contribution in [2.75, 3.05) is 19.7 Å². The summed E-state index contributed by atoms with van der Waals surface area (Å²) in [5, 5.41) is 5.97. The number of aryl methyl sites for hydroxylation is 2. The first kappa shape index (κ1) is 39.4. The fraction of sp³-hybridized carbons (Fsp3) is 0.500. The van der Waals surface area contributed by atoms with Crippen LogP contribution in [0.2, 0.25) is 0 Å². The Kier molecular flexibility index (Phi) is 22.5. The van der Waals surface area contributed by atoms with Gasteiger partial charge in [0, 0.05) is 24.9 Å². The molecule has 0 heterocycles. The summed E-state index contributed by atoms with van der Waals surface area (Å²) in [5.41, 5.74) is 1.84. The minimum atomic E-state index is -0.465. The molecule has 0 aliphatic heterocycles. The molecule has 0 bridgehead atoms. The molecule has 2 N–H and O–H groups in total. The maximum atomic E-state index is 12.7. The number of rotatable bonds is 24. The van der Waals surface area contributed by atoms with Crippen molar-refractivity contribution in [3.63, 3.8) is 0 Å². The van der Waals surface area contributed by atoms with Crippen molar-refractivity contribution < 1.29 is 14.3 Å². The van der Waals surface area contributed by atoms with Gasteiger partial charge in [-0.15, -0.1) is 0 Å². The largest absolute Gasteiger partial charge is 0.493 e. The normalized spacial score (nSPS) is 12.6. The lowest BCUT2D eigenvalue weighted by Crippen LogP contribution is -2.38. The Labute approximate surface area is 274 Å². The quantitative estimate of drug-likeness (QED) is 0.0898. The number of benzene rings is 1. The smallest absolute Gasteiger partial charge is 0.225 e. The van der Waals surface area contributed by atoms with Crippen molar-refractivity contribution in [2.24, 2.45) is 5.41 Å². The molecular weight excluding hydrogens is 556 g/mol. The van der Waals surface area contributed by atoms with Crippen LogP contribution in [0, 0.1) is 19.3 Å². The molecule has 248 valence electrons. The lowest BCUT2D eigenvalue weighted by Gasteiger charge is -2.23. The summed E-state index contributed by atoms with van der Waals surface area (Å²) in [4.78, 5) is 24.8. The molecule has 0 aliphatic carbocycles. The molecule has 5 nitrogen and oxygen atoms in total. The van der Waals surface area contributed by atoms with Gasteiger partial charge in [-0.1, -0.05) is 106 Å². The van der Waals surface area contributed by atoms with E-state index >= 15 is 0 Å². The van der Waals surface area contributed by atoms with Crippen LogP contribution < -0.4 is 15.4 Å². The fourth-order valence-corrected chi connectivity index (χ4v) is 4.37. The molecule has 0 atom stereocenters. The second kappa shape index (κ2) is 25.7. The lowest BCUT2D eigenvalue weighted by atomic mass is 9.87. The Hall–Kier alpha value is -3.60. The average Bonchev–Trinajstić information content (AvgIpc) is 3.01. The van der Waals surface area contributed by atoms with Crippen molar-refractivity contribution in [1.82, 2.24) is 10.6 Å². The van der Waals surface area contributed by atoms with Crippen molar-refractivity contribution >= 4 is 11.8 Å². The lowest BCUT2D eigenvalue weighted by molar-refractivity contribution is -0.129. The van der Waals surface area contributed by atoms with Gasteiger partial charge in [-0.25, -0.2) is 0 Å². The van der Waals surface area contributed by atoms with Crippen molar-refractivity contribution in [3.05, 3.63) is 102 Å². The molecule has 1 rings (SSSR count). The minimum absolute atomic E-state index is 0.0400. The molecule has 1 aromatic rings. The van der Waals surface area contributed by atoms with Crippen LogP contribution in [0.5, 0.6) is 5.75 Å². The SMILES string of the molecule is CC/C=C\C/C=C\C/C=C\C/C=C\C/C=C\C/C=C\CCC(=O)NCCCNC(=O)C(C)(C)CCCOc1cc(C)ccc1C. The van der Waals surface area contributed by atoms with Gasteiger partial charge in [-0.3, -0.25) is 9.59 Å². The highest BCUT2D eigenvalue weighted by Gasteiger charge is 2.26. The van der Waals surface area contributed by atoms with Gasteiger partial charge in [-0.2, -0.15) is 0 Å². The Morgan fingerprint density at radius 1 is 0.733 bits per heavy atom. The van der Waals surface area contributed by atoms with Gasteiger partial charge >= 0.3 is 0 Å². The van der Waals surface area contributed by atoms with E-state index in [0.717, 1.165) is 69.1 Å². The fourth-order valence-electron chi connectivity index (χ4n) is 4.37. The zero-order valence-electron chi connectivity index (χ0n) is 28.8. The maximum Gasteiger partial charge on any atom is 0.225 e. The van der Waals surface area contributed by atoms with E-state index in [1.54, 1.807) is 0 Å². The molecule has 0 unspecified atom stereocenters. The summed E-state index contributed by atoms with van der Waals surface area (Å²) in [5.74, 6) is 1.000. The van der Waals surface area contributed by atoms with Crippen LogP contribution in [-0.4, -0.2) is 31.5 Å². The Morgan fingerprint density at radius 3 is 1.84 bits per heavy atom. The Morgan fingerprint density at radius 2 is 1.27 bits per heavy atom. The van der Waals surface area contributed by atoms with Crippen molar-refractivity contribution in [2.45, 2.75) is 105 Å². The third-order valence-corrected chi connectivity index (χ3v) is 7.26. The second-order valence-corrected chi connectivity index (χ2v) is 12.0. The zero-order valence-corrected chi connectivity index (χ0v) is 28.8. The van der Waals surface area contributed by atoms with E-state index in [4.69, 9.17) is 4.74 Å². The van der Waals surface area contributed by atoms with Gasteiger partial charge in [0.2, 0.25) is 11.8 Å². The molecule has 0 radical (unpaired) electrons. The van der Waals surface area contributed by atoms with Crippen LogP contribution in [0.15, 0.2) is 91.1 Å². The molecule has 0 aliphatic rings. The van der Waals surface area contributed by atoms with E-state index in [9.17, 15) is 9.59 Å². The van der Waals surface area contributed by atoms with Crippen LogP contribution in [0.3, 0.4) is 0 Å². The summed E-state index contributed by atoms with van der Waals surface area (Å²) in [6, 6.07) is 6.20. The van der Waals surface area contributed by atoms with E-state index in [1.807, 2.05) is 20.8 Å². The molecule has 0 fully saturated rings. The monoisotopic (exact) mass is 616 g/mol. The molecule has 2 amide bonds. The van der Waals surface area contributed by atoms with Crippen LogP contribution >= 0.6 is 0 Å². The first-order valence-corrected chi connectivity index (χ1v) is 16.9. The second-order valence-electron chi connectivity index (χ2n) is 12.0. The third-order valence-electron chi connectivity index (χ3n) is 7.26. The maximum absolute atomic E-state index is 12.7. The van der Waals surface area contributed by atoms with E-state index in [-0.39, 0.29) is 11.8 Å². The molecule has 1 aromatic carbocycles. The Balaban J connectivity index is 2.03. The van der Waals surface area contributed by atoms with E-state index in [0.29, 0.717) is 32.5 Å².